The van der Waals surface area contributed by atoms with Crippen LogP contribution in [0.5, 0.6) is 0 Å². The van der Waals surface area contributed by atoms with Crippen LogP contribution in [0.15, 0.2) is 10.5 Å². The number of aryl methyl sites for hydroxylation is 1. The molecule has 1 saturated heterocycles. The molecule has 2 rings (SSSR count). The number of carbonyl (C=O) groups excluding carboxylic acids is 1. The van der Waals surface area contributed by atoms with Crippen molar-refractivity contribution in [2.75, 3.05) is 26.3 Å². The van der Waals surface area contributed by atoms with Crippen LogP contribution in [-0.4, -0.2) is 37.1 Å². The molecule has 1 aromatic rings. The van der Waals surface area contributed by atoms with Crippen molar-refractivity contribution in [1.29, 1.82) is 0 Å². The molecular weight excluding hydrogens is 222 g/mol. The molecule has 0 unspecified atom stereocenters. The Kier molecular flexibility index (Phi) is 3.78. The van der Waals surface area contributed by atoms with Gasteiger partial charge in [0.1, 0.15) is 5.76 Å². The van der Waals surface area contributed by atoms with Crippen molar-refractivity contribution in [2.45, 2.75) is 13.5 Å². The number of amides is 1. The fraction of sp³-hybridized carbons (Fsp3) is 0.545. The molecule has 1 fully saturated rings. The molecule has 0 saturated carbocycles. The molecule has 6 heteroatoms. The highest BCUT2D eigenvalue weighted by Gasteiger charge is 2.17. The van der Waals surface area contributed by atoms with E-state index in [1.807, 2.05) is 6.92 Å². The molecule has 0 aliphatic carbocycles. The van der Waals surface area contributed by atoms with Crippen molar-refractivity contribution in [2.24, 2.45) is 5.84 Å². The summed E-state index contributed by atoms with van der Waals surface area (Å²) in [7, 11) is 0. The summed E-state index contributed by atoms with van der Waals surface area (Å²) in [5.41, 5.74) is 3.08. The lowest BCUT2D eigenvalue weighted by molar-refractivity contribution is 0.0340. The summed E-state index contributed by atoms with van der Waals surface area (Å²) in [4.78, 5) is 13.6. The van der Waals surface area contributed by atoms with Gasteiger partial charge in [-0.05, 0) is 13.0 Å². The molecule has 94 valence electrons. The normalized spacial score (nSPS) is 17.1. The minimum absolute atomic E-state index is 0.258. The molecule has 0 radical (unpaired) electrons. The number of ether oxygens (including phenoxy) is 1. The van der Waals surface area contributed by atoms with Gasteiger partial charge in [0.15, 0.2) is 5.76 Å². The Labute approximate surface area is 99.7 Å². The van der Waals surface area contributed by atoms with Crippen molar-refractivity contribution in [1.82, 2.24) is 10.3 Å². The zero-order chi connectivity index (χ0) is 12.3. The second-order valence-corrected chi connectivity index (χ2v) is 4.05. The summed E-state index contributed by atoms with van der Waals surface area (Å²) in [6.45, 7) is 5.95. The molecule has 1 aromatic heterocycles. The number of nitrogens with zero attached hydrogens (tertiary/aromatic N) is 1. The van der Waals surface area contributed by atoms with E-state index in [0.29, 0.717) is 0 Å². The smallest absolute Gasteiger partial charge is 0.300 e. The average molecular weight is 239 g/mol. The van der Waals surface area contributed by atoms with Gasteiger partial charge in [-0.1, -0.05) is 0 Å². The first-order chi connectivity index (χ1) is 8.20. The lowest BCUT2D eigenvalue weighted by atomic mass is 10.2. The standard InChI is InChI=1S/C11H17N3O3/c1-8-9(6-10(17-8)11(15)13-12)7-14-2-4-16-5-3-14/h6H,2-5,7,12H2,1H3,(H,13,15). The van der Waals surface area contributed by atoms with Crippen molar-refractivity contribution in [3.05, 3.63) is 23.2 Å². The Morgan fingerprint density at radius 1 is 1.53 bits per heavy atom. The molecule has 1 aliphatic rings. The number of hydrazine groups is 1. The fourth-order valence-electron chi connectivity index (χ4n) is 1.86. The first-order valence-electron chi connectivity index (χ1n) is 5.61. The van der Waals surface area contributed by atoms with Crippen molar-refractivity contribution in [3.63, 3.8) is 0 Å². The number of nitrogens with two attached hydrogens (primary N) is 1. The van der Waals surface area contributed by atoms with E-state index in [9.17, 15) is 4.79 Å². The fourth-order valence-corrected chi connectivity index (χ4v) is 1.86. The van der Waals surface area contributed by atoms with Crippen molar-refractivity contribution < 1.29 is 13.9 Å². The van der Waals surface area contributed by atoms with E-state index < -0.39 is 5.91 Å². The SMILES string of the molecule is Cc1oc(C(=O)NN)cc1CN1CCOCC1. The molecule has 0 spiro atoms. The van der Waals surface area contributed by atoms with Crippen LogP contribution in [0.2, 0.25) is 0 Å². The van der Waals surface area contributed by atoms with Crippen molar-refractivity contribution >= 4 is 5.91 Å². The second kappa shape index (κ2) is 5.31. The molecule has 0 bridgehead atoms. The van der Waals surface area contributed by atoms with Gasteiger partial charge in [0.05, 0.1) is 13.2 Å². The highest BCUT2D eigenvalue weighted by molar-refractivity contribution is 5.91. The largest absolute Gasteiger partial charge is 0.456 e. The predicted octanol–water partition coefficient (Wildman–Crippen LogP) is 0.0237. The van der Waals surface area contributed by atoms with E-state index >= 15 is 0 Å². The monoisotopic (exact) mass is 239 g/mol. The van der Waals surface area contributed by atoms with E-state index in [1.165, 1.54) is 0 Å². The van der Waals surface area contributed by atoms with Crippen LogP contribution >= 0.6 is 0 Å². The van der Waals surface area contributed by atoms with Gasteiger partial charge >= 0.3 is 5.91 Å². The van der Waals surface area contributed by atoms with Crippen LogP contribution in [0.4, 0.5) is 0 Å². The third kappa shape index (κ3) is 2.85. The van der Waals surface area contributed by atoms with Crippen molar-refractivity contribution in [3.8, 4) is 0 Å². The summed E-state index contributed by atoms with van der Waals surface area (Å²) in [5, 5.41) is 0. The number of carbonyl (C=O) groups is 1. The van der Waals surface area contributed by atoms with Crippen LogP contribution in [-0.2, 0) is 11.3 Å². The third-order valence-corrected chi connectivity index (χ3v) is 2.87. The Morgan fingerprint density at radius 3 is 2.88 bits per heavy atom. The van der Waals surface area contributed by atoms with Gasteiger partial charge in [-0.2, -0.15) is 0 Å². The molecule has 3 N–H and O–H groups in total. The van der Waals surface area contributed by atoms with Crippen LogP contribution in [0, 0.1) is 6.92 Å². The van der Waals surface area contributed by atoms with E-state index in [0.717, 1.165) is 44.2 Å². The van der Waals surface area contributed by atoms with Gasteiger partial charge in [0, 0.05) is 25.2 Å². The summed E-state index contributed by atoms with van der Waals surface area (Å²) >= 11 is 0. The zero-order valence-electron chi connectivity index (χ0n) is 9.86. The predicted molar refractivity (Wildman–Crippen MR) is 61.2 cm³/mol. The summed E-state index contributed by atoms with van der Waals surface area (Å²) < 4.78 is 10.6. The minimum Gasteiger partial charge on any atom is -0.456 e. The maximum Gasteiger partial charge on any atom is 0.300 e. The molecular formula is C11H17N3O3. The van der Waals surface area contributed by atoms with E-state index in [1.54, 1.807) is 6.07 Å². The maximum absolute atomic E-state index is 11.3. The van der Waals surface area contributed by atoms with Gasteiger partial charge in [-0.3, -0.25) is 15.1 Å². The van der Waals surface area contributed by atoms with E-state index in [-0.39, 0.29) is 5.76 Å². The van der Waals surface area contributed by atoms with Gasteiger partial charge in [-0.15, -0.1) is 0 Å². The number of rotatable bonds is 3. The highest BCUT2D eigenvalue weighted by Crippen LogP contribution is 2.17. The van der Waals surface area contributed by atoms with Gasteiger partial charge < -0.3 is 9.15 Å². The summed E-state index contributed by atoms with van der Waals surface area (Å²) in [5.74, 6) is 5.68. The Hall–Kier alpha value is -1.37. The first-order valence-corrected chi connectivity index (χ1v) is 5.61. The number of furan rings is 1. The Bertz CT molecular complexity index is 397. The lowest BCUT2D eigenvalue weighted by Crippen LogP contribution is -2.35. The molecule has 1 amide bonds. The number of hydrogen-bond donors (Lipinski definition) is 2. The lowest BCUT2D eigenvalue weighted by Gasteiger charge is -2.26. The number of hydrogen-bond acceptors (Lipinski definition) is 5. The molecule has 17 heavy (non-hydrogen) atoms. The van der Waals surface area contributed by atoms with Crippen LogP contribution in [0.3, 0.4) is 0 Å². The minimum atomic E-state index is -0.402. The third-order valence-electron chi connectivity index (χ3n) is 2.87. The average Bonchev–Trinajstić information content (AvgIpc) is 2.71. The maximum atomic E-state index is 11.3. The second-order valence-electron chi connectivity index (χ2n) is 4.05. The topological polar surface area (TPSA) is 80.7 Å². The molecule has 2 heterocycles. The summed E-state index contributed by atoms with van der Waals surface area (Å²) in [6, 6.07) is 1.74. The molecule has 6 nitrogen and oxygen atoms in total. The highest BCUT2D eigenvalue weighted by atomic mass is 16.5. The van der Waals surface area contributed by atoms with Gasteiger partial charge in [0.25, 0.3) is 0 Å². The zero-order valence-corrected chi connectivity index (χ0v) is 9.86. The number of nitrogens with one attached hydrogen (secondary N) is 1. The van der Waals surface area contributed by atoms with E-state index in [4.69, 9.17) is 15.0 Å². The quantitative estimate of drug-likeness (QED) is 0.441. The summed E-state index contributed by atoms with van der Waals surface area (Å²) in [6.07, 6.45) is 0. The first kappa shape index (κ1) is 12.1. The Balaban J connectivity index is 2.04. The van der Waals surface area contributed by atoms with Gasteiger partial charge in [-0.25, -0.2) is 5.84 Å². The van der Waals surface area contributed by atoms with E-state index in [2.05, 4.69) is 10.3 Å². The van der Waals surface area contributed by atoms with Crippen LogP contribution in [0.1, 0.15) is 21.9 Å². The Morgan fingerprint density at radius 2 is 2.24 bits per heavy atom. The van der Waals surface area contributed by atoms with Crippen LogP contribution < -0.4 is 11.3 Å². The van der Waals surface area contributed by atoms with Gasteiger partial charge in [0.2, 0.25) is 0 Å². The van der Waals surface area contributed by atoms with Crippen LogP contribution in [0.25, 0.3) is 0 Å². The molecule has 1 aliphatic heterocycles. The molecule has 0 atom stereocenters. The molecule has 0 aromatic carbocycles. The number of morpholine rings is 1. The number of nitrogen functional groups attached to an aromatic ring is 1.